The summed E-state index contributed by atoms with van der Waals surface area (Å²) in [5, 5.41) is 5.33. The topological polar surface area (TPSA) is 66.5 Å². The van der Waals surface area contributed by atoms with Gasteiger partial charge in [-0.25, -0.2) is 8.42 Å². The van der Waals surface area contributed by atoms with Crippen LogP contribution in [0.5, 0.6) is 0 Å². The Balaban J connectivity index is 1.52. The van der Waals surface area contributed by atoms with E-state index in [1.807, 2.05) is 42.5 Å². The summed E-state index contributed by atoms with van der Waals surface area (Å²) in [6, 6.07) is 20.2. The van der Waals surface area contributed by atoms with Gasteiger partial charge in [-0.3, -0.25) is 4.79 Å². The maximum Gasteiger partial charge on any atom is 0.243 e. The Morgan fingerprint density at radius 2 is 1.64 bits per heavy atom. The lowest BCUT2D eigenvalue weighted by molar-refractivity contribution is 0.101. The zero-order valence-corrected chi connectivity index (χ0v) is 16.3. The van der Waals surface area contributed by atoms with Crippen LogP contribution in [0.1, 0.15) is 23.2 Å². The average Bonchev–Trinajstić information content (AvgIpc) is 3.28. The molecule has 1 aliphatic heterocycles. The van der Waals surface area contributed by atoms with Crippen molar-refractivity contribution in [1.29, 1.82) is 0 Å². The standard InChI is InChI=1S/C22H22N2O3S/c25-22(16-23-21-12-6-8-17-7-1-2-11-20(17)21)18-9-5-10-19(15-18)28(26,27)24-13-3-4-14-24/h1-2,5-12,15,23H,3-4,13-14,16H2. The van der Waals surface area contributed by atoms with E-state index in [1.165, 1.54) is 10.4 Å². The van der Waals surface area contributed by atoms with Crippen molar-refractivity contribution in [2.75, 3.05) is 25.0 Å². The van der Waals surface area contributed by atoms with Gasteiger partial charge in [-0.2, -0.15) is 4.31 Å². The van der Waals surface area contributed by atoms with Crippen molar-refractivity contribution in [2.45, 2.75) is 17.7 Å². The van der Waals surface area contributed by atoms with Gasteiger partial charge in [-0.15, -0.1) is 0 Å². The van der Waals surface area contributed by atoms with E-state index < -0.39 is 10.0 Å². The monoisotopic (exact) mass is 394 g/mol. The van der Waals surface area contributed by atoms with Gasteiger partial charge in [0.05, 0.1) is 11.4 Å². The van der Waals surface area contributed by atoms with Gasteiger partial charge in [-0.05, 0) is 36.4 Å². The largest absolute Gasteiger partial charge is 0.377 e. The van der Waals surface area contributed by atoms with Crippen LogP contribution in [0, 0.1) is 0 Å². The van der Waals surface area contributed by atoms with E-state index >= 15 is 0 Å². The van der Waals surface area contributed by atoms with Crippen LogP contribution in [-0.2, 0) is 10.0 Å². The molecule has 0 aliphatic carbocycles. The van der Waals surface area contributed by atoms with E-state index in [4.69, 9.17) is 0 Å². The van der Waals surface area contributed by atoms with E-state index in [2.05, 4.69) is 5.32 Å². The molecule has 0 atom stereocenters. The van der Waals surface area contributed by atoms with Crippen molar-refractivity contribution in [1.82, 2.24) is 4.31 Å². The molecule has 0 radical (unpaired) electrons. The molecule has 0 amide bonds. The van der Waals surface area contributed by atoms with Crippen LogP contribution >= 0.6 is 0 Å². The van der Waals surface area contributed by atoms with Crippen molar-refractivity contribution in [3.05, 3.63) is 72.3 Å². The van der Waals surface area contributed by atoms with Crippen LogP contribution in [0.3, 0.4) is 0 Å². The number of Topliss-reactive ketones (excluding diaryl/α,β-unsaturated/α-hetero) is 1. The Kier molecular flexibility index (Phi) is 5.15. The molecule has 1 N–H and O–H groups in total. The molecule has 144 valence electrons. The molecular formula is C22H22N2O3S. The summed E-state index contributed by atoms with van der Waals surface area (Å²) in [5.41, 5.74) is 1.28. The maximum absolute atomic E-state index is 12.7. The van der Waals surface area contributed by atoms with Gasteiger partial charge in [0.2, 0.25) is 10.0 Å². The van der Waals surface area contributed by atoms with Crippen LogP contribution < -0.4 is 5.32 Å². The third kappa shape index (κ3) is 3.66. The average molecular weight is 394 g/mol. The number of sulfonamides is 1. The van der Waals surface area contributed by atoms with E-state index in [-0.39, 0.29) is 17.2 Å². The van der Waals surface area contributed by atoms with Gasteiger partial charge in [0.15, 0.2) is 5.78 Å². The van der Waals surface area contributed by atoms with Crippen LogP contribution in [0.15, 0.2) is 71.6 Å². The van der Waals surface area contributed by atoms with Crippen LogP contribution in [0.25, 0.3) is 10.8 Å². The molecular weight excluding hydrogens is 372 g/mol. The first-order valence-electron chi connectivity index (χ1n) is 9.41. The number of rotatable bonds is 6. The Morgan fingerprint density at radius 1 is 0.929 bits per heavy atom. The summed E-state index contributed by atoms with van der Waals surface area (Å²) in [7, 11) is -3.53. The number of anilines is 1. The number of benzene rings is 3. The van der Waals surface area contributed by atoms with E-state index in [1.54, 1.807) is 18.2 Å². The smallest absolute Gasteiger partial charge is 0.243 e. The molecule has 0 unspecified atom stereocenters. The number of hydrogen-bond acceptors (Lipinski definition) is 4. The number of nitrogens with one attached hydrogen (secondary N) is 1. The lowest BCUT2D eigenvalue weighted by Gasteiger charge is -2.16. The van der Waals surface area contributed by atoms with Crippen molar-refractivity contribution in [3.63, 3.8) is 0 Å². The molecule has 1 heterocycles. The number of nitrogens with zero attached hydrogens (tertiary/aromatic N) is 1. The van der Waals surface area contributed by atoms with Crippen molar-refractivity contribution < 1.29 is 13.2 Å². The first-order chi connectivity index (χ1) is 13.6. The van der Waals surface area contributed by atoms with Crippen LogP contribution in [0.2, 0.25) is 0 Å². The highest BCUT2D eigenvalue weighted by Crippen LogP contribution is 2.24. The van der Waals surface area contributed by atoms with E-state index in [9.17, 15) is 13.2 Å². The normalized spacial score (nSPS) is 15.0. The fraction of sp³-hybridized carbons (Fsp3) is 0.227. The summed E-state index contributed by atoms with van der Waals surface area (Å²) in [5.74, 6) is -0.147. The fourth-order valence-corrected chi connectivity index (χ4v) is 5.13. The predicted octanol–water partition coefficient (Wildman–Crippen LogP) is 3.92. The fourth-order valence-electron chi connectivity index (χ4n) is 3.56. The molecule has 3 aromatic rings. The zero-order valence-electron chi connectivity index (χ0n) is 15.5. The van der Waals surface area contributed by atoms with Crippen LogP contribution in [0.4, 0.5) is 5.69 Å². The molecule has 0 spiro atoms. The summed E-state index contributed by atoms with van der Waals surface area (Å²) in [6.45, 7) is 1.19. The Hall–Kier alpha value is -2.70. The SMILES string of the molecule is O=C(CNc1cccc2ccccc12)c1cccc(S(=O)(=O)N2CCCC2)c1. The molecule has 28 heavy (non-hydrogen) atoms. The molecule has 5 nitrogen and oxygen atoms in total. The number of hydrogen-bond donors (Lipinski definition) is 1. The quantitative estimate of drug-likeness (QED) is 0.644. The lowest BCUT2D eigenvalue weighted by Crippen LogP contribution is -2.28. The summed E-state index contributed by atoms with van der Waals surface area (Å²) >= 11 is 0. The second kappa shape index (κ2) is 7.73. The number of fused-ring (bicyclic) bond motifs is 1. The van der Waals surface area contributed by atoms with Gasteiger partial charge >= 0.3 is 0 Å². The molecule has 0 saturated carbocycles. The Morgan fingerprint density at radius 3 is 2.46 bits per heavy atom. The van der Waals surface area contributed by atoms with Crippen molar-refractivity contribution >= 4 is 32.3 Å². The molecule has 3 aromatic carbocycles. The highest BCUT2D eigenvalue weighted by atomic mass is 32.2. The lowest BCUT2D eigenvalue weighted by atomic mass is 10.1. The van der Waals surface area contributed by atoms with Gasteiger partial charge in [0.1, 0.15) is 0 Å². The van der Waals surface area contributed by atoms with Gasteiger partial charge < -0.3 is 5.32 Å². The van der Waals surface area contributed by atoms with E-state index in [0.29, 0.717) is 18.7 Å². The highest BCUT2D eigenvalue weighted by molar-refractivity contribution is 7.89. The molecule has 0 aromatic heterocycles. The first-order valence-corrected chi connectivity index (χ1v) is 10.8. The van der Waals surface area contributed by atoms with E-state index in [0.717, 1.165) is 29.3 Å². The molecule has 6 heteroatoms. The maximum atomic E-state index is 12.7. The van der Waals surface area contributed by atoms with Crippen LogP contribution in [-0.4, -0.2) is 38.1 Å². The molecule has 0 bridgehead atoms. The van der Waals surface area contributed by atoms with Crippen molar-refractivity contribution in [3.8, 4) is 0 Å². The molecule has 1 fully saturated rings. The minimum atomic E-state index is -3.53. The van der Waals surface area contributed by atoms with Crippen molar-refractivity contribution in [2.24, 2.45) is 0 Å². The second-order valence-electron chi connectivity index (χ2n) is 6.94. The van der Waals surface area contributed by atoms with Gasteiger partial charge in [0, 0.05) is 29.7 Å². The Bertz CT molecular complexity index is 1110. The second-order valence-corrected chi connectivity index (χ2v) is 8.88. The minimum absolute atomic E-state index is 0.0984. The van der Waals surface area contributed by atoms with Gasteiger partial charge in [0.25, 0.3) is 0 Å². The Labute approximate surface area is 165 Å². The third-order valence-electron chi connectivity index (χ3n) is 5.09. The molecule has 1 aliphatic rings. The zero-order chi connectivity index (χ0) is 19.6. The first kappa shape index (κ1) is 18.7. The highest BCUT2D eigenvalue weighted by Gasteiger charge is 2.27. The molecule has 1 saturated heterocycles. The molecule has 4 rings (SSSR count). The number of ketones is 1. The summed E-state index contributed by atoms with van der Waals surface area (Å²) in [4.78, 5) is 12.9. The number of carbonyl (C=O) groups excluding carboxylic acids is 1. The predicted molar refractivity (Wildman–Crippen MR) is 111 cm³/mol. The van der Waals surface area contributed by atoms with Gasteiger partial charge in [-0.1, -0.05) is 48.5 Å². The third-order valence-corrected chi connectivity index (χ3v) is 6.98. The summed E-state index contributed by atoms with van der Waals surface area (Å²) in [6.07, 6.45) is 1.76. The summed E-state index contributed by atoms with van der Waals surface area (Å²) < 4.78 is 27.0. The minimum Gasteiger partial charge on any atom is -0.377 e. The number of carbonyl (C=O) groups is 1.